The van der Waals surface area contributed by atoms with Crippen LogP contribution >= 0.6 is 0 Å². The minimum Gasteiger partial charge on any atom is -0.356 e. The first-order chi connectivity index (χ1) is 7.61. The van der Waals surface area contributed by atoms with E-state index >= 15 is 0 Å². The molecular weight excluding hydrogens is 200 g/mol. The minimum absolute atomic E-state index is 0.178. The van der Waals surface area contributed by atoms with Gasteiger partial charge in [-0.2, -0.15) is 0 Å². The second-order valence-corrected chi connectivity index (χ2v) is 5.52. The van der Waals surface area contributed by atoms with Crippen molar-refractivity contribution in [3.63, 3.8) is 0 Å². The molecule has 0 bridgehead atoms. The highest BCUT2D eigenvalue weighted by Crippen LogP contribution is 2.31. The van der Waals surface area contributed by atoms with Gasteiger partial charge in [0, 0.05) is 13.0 Å². The zero-order valence-corrected chi connectivity index (χ0v) is 10.7. The van der Waals surface area contributed by atoms with Crippen LogP contribution in [0.3, 0.4) is 0 Å². The smallest absolute Gasteiger partial charge is 0.220 e. The fourth-order valence-electron chi connectivity index (χ4n) is 2.09. The van der Waals surface area contributed by atoms with Crippen molar-refractivity contribution < 1.29 is 4.79 Å². The van der Waals surface area contributed by atoms with Crippen molar-refractivity contribution in [2.24, 2.45) is 23.5 Å². The lowest BCUT2D eigenvalue weighted by atomic mass is 9.94. The summed E-state index contributed by atoms with van der Waals surface area (Å²) in [6, 6.07) is 0. The number of amides is 1. The number of nitrogens with two attached hydrogens (primary N) is 1. The molecule has 1 aliphatic carbocycles. The fourth-order valence-corrected chi connectivity index (χ4v) is 2.09. The van der Waals surface area contributed by atoms with Crippen molar-refractivity contribution in [3.05, 3.63) is 0 Å². The molecule has 94 valence electrons. The highest BCUT2D eigenvalue weighted by Gasteiger charge is 2.21. The molecule has 0 heterocycles. The van der Waals surface area contributed by atoms with Crippen LogP contribution < -0.4 is 11.1 Å². The van der Waals surface area contributed by atoms with Crippen molar-refractivity contribution in [1.82, 2.24) is 5.32 Å². The van der Waals surface area contributed by atoms with Crippen LogP contribution in [0.25, 0.3) is 0 Å². The molecule has 16 heavy (non-hydrogen) atoms. The normalized spacial score (nSPS) is 17.5. The molecule has 0 aromatic heterocycles. The van der Waals surface area contributed by atoms with Gasteiger partial charge in [-0.25, -0.2) is 0 Å². The van der Waals surface area contributed by atoms with E-state index in [4.69, 9.17) is 5.73 Å². The second-order valence-electron chi connectivity index (χ2n) is 5.52. The molecule has 1 aliphatic rings. The first-order valence-corrected chi connectivity index (χ1v) is 6.58. The van der Waals surface area contributed by atoms with E-state index < -0.39 is 0 Å². The summed E-state index contributed by atoms with van der Waals surface area (Å²) in [5.41, 5.74) is 5.68. The summed E-state index contributed by atoms with van der Waals surface area (Å²) < 4.78 is 0. The lowest BCUT2D eigenvalue weighted by molar-refractivity contribution is -0.122. The van der Waals surface area contributed by atoms with E-state index in [1.807, 2.05) is 0 Å². The summed E-state index contributed by atoms with van der Waals surface area (Å²) in [5.74, 6) is 2.03. The summed E-state index contributed by atoms with van der Waals surface area (Å²) in [5, 5.41) is 3.00. The molecule has 3 N–H and O–H groups in total. The summed E-state index contributed by atoms with van der Waals surface area (Å²) >= 11 is 0. The zero-order valence-electron chi connectivity index (χ0n) is 10.7. The second kappa shape index (κ2) is 6.89. The molecule has 1 saturated carbocycles. The molecule has 1 rings (SSSR count). The standard InChI is InChI=1S/C13H26N2O/c1-10(2)7-12(9-14)8-13(16)15-6-5-11-3-4-11/h10-12H,3-9,14H2,1-2H3,(H,15,16). The summed E-state index contributed by atoms with van der Waals surface area (Å²) in [6.45, 7) is 5.82. The molecule has 0 aromatic carbocycles. The minimum atomic E-state index is 0.178. The largest absolute Gasteiger partial charge is 0.356 e. The molecule has 3 heteroatoms. The summed E-state index contributed by atoms with van der Waals surface area (Å²) in [6.07, 6.45) is 5.51. The number of hydrogen-bond donors (Lipinski definition) is 2. The average molecular weight is 226 g/mol. The topological polar surface area (TPSA) is 55.1 Å². The Hall–Kier alpha value is -0.570. The van der Waals surface area contributed by atoms with Crippen LogP contribution in [0, 0.1) is 17.8 Å². The first kappa shape index (κ1) is 13.5. The van der Waals surface area contributed by atoms with Crippen LogP contribution in [0.1, 0.15) is 46.0 Å². The van der Waals surface area contributed by atoms with E-state index in [1.165, 1.54) is 12.8 Å². The van der Waals surface area contributed by atoms with Crippen molar-refractivity contribution in [2.75, 3.05) is 13.1 Å². The van der Waals surface area contributed by atoms with Gasteiger partial charge in [0.2, 0.25) is 5.91 Å². The van der Waals surface area contributed by atoms with Gasteiger partial charge in [0.25, 0.3) is 0 Å². The van der Waals surface area contributed by atoms with Crippen LogP contribution in [0.5, 0.6) is 0 Å². The highest BCUT2D eigenvalue weighted by atomic mass is 16.1. The maximum Gasteiger partial charge on any atom is 0.220 e. The van der Waals surface area contributed by atoms with Crippen LogP contribution in [-0.2, 0) is 4.79 Å². The van der Waals surface area contributed by atoms with E-state index in [9.17, 15) is 4.79 Å². The molecule has 1 unspecified atom stereocenters. The Morgan fingerprint density at radius 2 is 2.12 bits per heavy atom. The Morgan fingerprint density at radius 3 is 2.62 bits per heavy atom. The Kier molecular flexibility index (Phi) is 5.81. The molecule has 0 spiro atoms. The molecule has 0 radical (unpaired) electrons. The van der Waals surface area contributed by atoms with Gasteiger partial charge in [-0.1, -0.05) is 26.7 Å². The van der Waals surface area contributed by atoms with Gasteiger partial charge in [0.1, 0.15) is 0 Å². The average Bonchev–Trinajstić information content (AvgIpc) is 3.00. The van der Waals surface area contributed by atoms with Gasteiger partial charge in [0.05, 0.1) is 0 Å². The number of nitrogens with one attached hydrogen (secondary N) is 1. The molecule has 0 aromatic rings. The Bertz CT molecular complexity index is 212. The van der Waals surface area contributed by atoms with Gasteiger partial charge in [-0.3, -0.25) is 4.79 Å². The van der Waals surface area contributed by atoms with E-state index in [0.29, 0.717) is 24.8 Å². The Labute approximate surface area is 99.2 Å². The van der Waals surface area contributed by atoms with Crippen LogP contribution in [0.4, 0.5) is 0 Å². The van der Waals surface area contributed by atoms with Crippen molar-refractivity contribution in [3.8, 4) is 0 Å². The quantitative estimate of drug-likeness (QED) is 0.664. The maximum atomic E-state index is 11.6. The van der Waals surface area contributed by atoms with Crippen LogP contribution in [-0.4, -0.2) is 19.0 Å². The SMILES string of the molecule is CC(C)CC(CN)CC(=O)NCCC1CC1. The lowest BCUT2D eigenvalue weighted by Gasteiger charge is -2.16. The lowest BCUT2D eigenvalue weighted by Crippen LogP contribution is -2.29. The third-order valence-corrected chi connectivity index (χ3v) is 3.18. The Balaban J connectivity index is 2.09. The van der Waals surface area contributed by atoms with Crippen LogP contribution in [0.15, 0.2) is 0 Å². The summed E-state index contributed by atoms with van der Waals surface area (Å²) in [4.78, 5) is 11.6. The van der Waals surface area contributed by atoms with Gasteiger partial charge in [-0.05, 0) is 37.1 Å². The molecule has 1 atom stereocenters. The van der Waals surface area contributed by atoms with Crippen molar-refractivity contribution in [2.45, 2.75) is 46.0 Å². The monoisotopic (exact) mass is 226 g/mol. The number of hydrogen-bond acceptors (Lipinski definition) is 2. The predicted molar refractivity (Wildman–Crippen MR) is 67.0 cm³/mol. The van der Waals surface area contributed by atoms with Gasteiger partial charge < -0.3 is 11.1 Å². The molecule has 0 aliphatic heterocycles. The van der Waals surface area contributed by atoms with Crippen LogP contribution in [0.2, 0.25) is 0 Å². The maximum absolute atomic E-state index is 11.6. The van der Waals surface area contributed by atoms with Crippen molar-refractivity contribution >= 4 is 5.91 Å². The third kappa shape index (κ3) is 6.11. The molecule has 0 saturated heterocycles. The summed E-state index contributed by atoms with van der Waals surface area (Å²) in [7, 11) is 0. The molecule has 1 amide bonds. The van der Waals surface area contributed by atoms with E-state index in [1.54, 1.807) is 0 Å². The number of carbonyl (C=O) groups is 1. The third-order valence-electron chi connectivity index (χ3n) is 3.18. The highest BCUT2D eigenvalue weighted by molar-refractivity contribution is 5.76. The number of rotatable bonds is 8. The molecule has 3 nitrogen and oxygen atoms in total. The molecule has 1 fully saturated rings. The van der Waals surface area contributed by atoms with Gasteiger partial charge in [0.15, 0.2) is 0 Å². The van der Waals surface area contributed by atoms with Crippen molar-refractivity contribution in [1.29, 1.82) is 0 Å². The molecular formula is C13H26N2O. The van der Waals surface area contributed by atoms with Gasteiger partial charge in [-0.15, -0.1) is 0 Å². The first-order valence-electron chi connectivity index (χ1n) is 6.58. The zero-order chi connectivity index (χ0) is 12.0. The Morgan fingerprint density at radius 1 is 1.44 bits per heavy atom. The van der Waals surface area contributed by atoms with E-state index in [2.05, 4.69) is 19.2 Å². The van der Waals surface area contributed by atoms with E-state index in [-0.39, 0.29) is 5.91 Å². The fraction of sp³-hybridized carbons (Fsp3) is 0.923. The van der Waals surface area contributed by atoms with Gasteiger partial charge >= 0.3 is 0 Å². The van der Waals surface area contributed by atoms with E-state index in [0.717, 1.165) is 25.3 Å². The number of carbonyl (C=O) groups excluding carboxylic acids is 1. The predicted octanol–water partition coefficient (Wildman–Crippen LogP) is 1.91.